The van der Waals surface area contributed by atoms with Gasteiger partial charge < -0.3 is 9.64 Å². The summed E-state index contributed by atoms with van der Waals surface area (Å²) in [4.78, 5) is 2.47. The third-order valence-electron chi connectivity index (χ3n) is 5.02. The summed E-state index contributed by atoms with van der Waals surface area (Å²) in [5.41, 5.74) is 6.49. The number of hydrogen-bond donors (Lipinski definition) is 1. The van der Waals surface area contributed by atoms with E-state index >= 15 is 0 Å². The van der Waals surface area contributed by atoms with Gasteiger partial charge in [0.1, 0.15) is 5.75 Å². The molecule has 1 N–H and O–H groups in total. The summed E-state index contributed by atoms with van der Waals surface area (Å²) in [6, 6.07) is 15.1. The molecule has 0 radical (unpaired) electrons. The number of benzene rings is 2. The van der Waals surface area contributed by atoms with Crippen LogP contribution in [0.1, 0.15) is 25.0 Å². The molecule has 128 valence electrons. The summed E-state index contributed by atoms with van der Waals surface area (Å²) in [5, 5.41) is 6.97. The van der Waals surface area contributed by atoms with Crippen LogP contribution in [-0.2, 0) is 12.0 Å². The van der Waals surface area contributed by atoms with Gasteiger partial charge in [-0.25, -0.2) is 0 Å². The highest BCUT2D eigenvalue weighted by Gasteiger charge is 2.35. The number of H-pyrrole nitrogens is 1. The molecule has 3 aromatic rings. The molecule has 0 spiro atoms. The van der Waals surface area contributed by atoms with E-state index in [9.17, 15) is 0 Å². The zero-order valence-corrected chi connectivity index (χ0v) is 14.9. The molecular formula is C21H23N3O. The van der Waals surface area contributed by atoms with Crippen molar-refractivity contribution < 1.29 is 4.74 Å². The number of ether oxygens (including phenoxy) is 1. The summed E-state index contributed by atoms with van der Waals surface area (Å²) < 4.78 is 5.26. The molecule has 1 aliphatic rings. The van der Waals surface area contributed by atoms with Gasteiger partial charge in [0.15, 0.2) is 0 Å². The molecule has 0 saturated heterocycles. The maximum atomic E-state index is 5.26. The largest absolute Gasteiger partial charge is 0.497 e. The maximum absolute atomic E-state index is 5.26. The fraction of sp³-hybridized carbons (Fsp3) is 0.286. The van der Waals surface area contributed by atoms with E-state index in [4.69, 9.17) is 4.74 Å². The maximum Gasteiger partial charge on any atom is 0.118 e. The number of nitrogens with zero attached hydrogens (tertiary/aromatic N) is 2. The lowest BCUT2D eigenvalue weighted by Crippen LogP contribution is -2.28. The summed E-state index contributed by atoms with van der Waals surface area (Å²) >= 11 is 0. The summed E-state index contributed by atoms with van der Waals surface area (Å²) in [6.45, 7) is 6.55. The molecule has 4 rings (SSSR count). The Labute approximate surface area is 148 Å². The molecular weight excluding hydrogens is 310 g/mol. The zero-order chi connectivity index (χ0) is 17.4. The van der Waals surface area contributed by atoms with Crippen LogP contribution >= 0.6 is 0 Å². The lowest BCUT2D eigenvalue weighted by molar-refractivity contribution is 0.414. The van der Waals surface area contributed by atoms with Gasteiger partial charge in [-0.15, -0.1) is 0 Å². The number of aromatic nitrogens is 2. The molecule has 4 nitrogen and oxygen atoms in total. The Balaban J connectivity index is 1.67. The van der Waals surface area contributed by atoms with Crippen molar-refractivity contribution in [3.8, 4) is 16.9 Å². The Hall–Kier alpha value is -2.75. The van der Waals surface area contributed by atoms with Crippen molar-refractivity contribution in [2.45, 2.75) is 25.8 Å². The van der Waals surface area contributed by atoms with Crippen LogP contribution in [0.2, 0.25) is 0 Å². The van der Waals surface area contributed by atoms with Crippen LogP contribution in [0.25, 0.3) is 11.1 Å². The van der Waals surface area contributed by atoms with Crippen LogP contribution in [0, 0.1) is 0 Å². The third kappa shape index (κ3) is 2.88. The number of aromatic amines is 1. The molecule has 0 saturated carbocycles. The molecule has 0 atom stereocenters. The first-order chi connectivity index (χ1) is 12.1. The Kier molecular flexibility index (Phi) is 3.75. The summed E-state index contributed by atoms with van der Waals surface area (Å²) in [7, 11) is 1.70. The van der Waals surface area contributed by atoms with E-state index in [1.165, 1.54) is 22.4 Å². The smallest absolute Gasteiger partial charge is 0.118 e. The minimum absolute atomic E-state index is 0.150. The van der Waals surface area contributed by atoms with Crippen LogP contribution in [-0.4, -0.2) is 23.9 Å². The van der Waals surface area contributed by atoms with Crippen molar-refractivity contribution in [3.63, 3.8) is 0 Å². The summed E-state index contributed by atoms with van der Waals surface area (Å²) in [6.07, 6.45) is 3.81. The number of rotatable bonds is 4. The normalized spacial score (nSPS) is 15.2. The summed E-state index contributed by atoms with van der Waals surface area (Å²) in [5.74, 6) is 0.896. The minimum atomic E-state index is 0.150. The first kappa shape index (κ1) is 15.8. The van der Waals surface area contributed by atoms with Crippen LogP contribution in [0.5, 0.6) is 5.75 Å². The SMILES string of the molecule is COc1ccc(CN2CC(C)(C)c3ccc(-c4cn[nH]c4)cc32)cc1. The second kappa shape index (κ2) is 5.96. The van der Waals surface area contributed by atoms with Gasteiger partial charge in [0, 0.05) is 36.0 Å². The Morgan fingerprint density at radius 2 is 1.92 bits per heavy atom. The minimum Gasteiger partial charge on any atom is -0.497 e. The monoisotopic (exact) mass is 333 g/mol. The van der Waals surface area contributed by atoms with Crippen LogP contribution < -0.4 is 9.64 Å². The van der Waals surface area contributed by atoms with Gasteiger partial charge in [-0.3, -0.25) is 5.10 Å². The zero-order valence-electron chi connectivity index (χ0n) is 14.9. The van der Waals surface area contributed by atoms with Gasteiger partial charge in [0.25, 0.3) is 0 Å². The van der Waals surface area contributed by atoms with Gasteiger partial charge in [-0.1, -0.05) is 38.1 Å². The van der Waals surface area contributed by atoms with Gasteiger partial charge in [-0.05, 0) is 34.9 Å². The number of nitrogens with one attached hydrogen (secondary N) is 1. The molecule has 2 aromatic carbocycles. The van der Waals surface area contributed by atoms with Crippen LogP contribution in [0.15, 0.2) is 54.9 Å². The van der Waals surface area contributed by atoms with Crippen LogP contribution in [0.3, 0.4) is 0 Å². The quantitative estimate of drug-likeness (QED) is 0.770. The van der Waals surface area contributed by atoms with Crippen molar-refractivity contribution in [1.82, 2.24) is 10.2 Å². The van der Waals surface area contributed by atoms with Gasteiger partial charge in [-0.2, -0.15) is 5.10 Å². The molecule has 1 aliphatic heterocycles. The molecule has 0 aliphatic carbocycles. The van der Waals surface area contributed by atoms with Crippen molar-refractivity contribution in [1.29, 1.82) is 0 Å². The first-order valence-corrected chi connectivity index (χ1v) is 8.58. The molecule has 0 unspecified atom stereocenters. The lowest BCUT2D eigenvalue weighted by Gasteiger charge is -2.22. The van der Waals surface area contributed by atoms with Gasteiger partial charge >= 0.3 is 0 Å². The molecule has 0 amide bonds. The van der Waals surface area contributed by atoms with Gasteiger partial charge in [0.2, 0.25) is 0 Å². The topological polar surface area (TPSA) is 41.1 Å². The van der Waals surface area contributed by atoms with Gasteiger partial charge in [0.05, 0.1) is 13.3 Å². The predicted molar refractivity (Wildman–Crippen MR) is 101 cm³/mol. The fourth-order valence-electron chi connectivity index (χ4n) is 3.69. The molecule has 1 aromatic heterocycles. The first-order valence-electron chi connectivity index (χ1n) is 8.58. The van der Waals surface area contributed by atoms with Crippen molar-refractivity contribution in [3.05, 3.63) is 66.0 Å². The standard InChI is InChI=1S/C21H23N3O/c1-21(2)14-24(13-15-4-7-18(25-3)8-5-15)20-10-16(6-9-19(20)21)17-11-22-23-12-17/h4-12H,13-14H2,1-3H3,(H,22,23). The van der Waals surface area contributed by atoms with E-state index in [2.05, 4.69) is 59.3 Å². The molecule has 25 heavy (non-hydrogen) atoms. The predicted octanol–water partition coefficient (Wildman–Crippen LogP) is 4.38. The van der Waals surface area contributed by atoms with Crippen LogP contribution in [0.4, 0.5) is 5.69 Å². The van der Waals surface area contributed by atoms with Crippen molar-refractivity contribution in [2.75, 3.05) is 18.6 Å². The number of methoxy groups -OCH3 is 1. The Morgan fingerprint density at radius 1 is 1.12 bits per heavy atom. The highest BCUT2D eigenvalue weighted by atomic mass is 16.5. The van der Waals surface area contributed by atoms with E-state index in [0.717, 1.165) is 24.4 Å². The Bertz CT molecular complexity index is 867. The van der Waals surface area contributed by atoms with Crippen molar-refractivity contribution in [2.24, 2.45) is 0 Å². The molecule has 2 heterocycles. The average molecular weight is 333 g/mol. The van der Waals surface area contributed by atoms with E-state index < -0.39 is 0 Å². The van der Waals surface area contributed by atoms with E-state index in [-0.39, 0.29) is 5.41 Å². The molecule has 0 bridgehead atoms. The number of fused-ring (bicyclic) bond motifs is 1. The Morgan fingerprint density at radius 3 is 2.60 bits per heavy atom. The third-order valence-corrected chi connectivity index (χ3v) is 5.02. The molecule has 0 fully saturated rings. The van der Waals surface area contributed by atoms with E-state index in [0.29, 0.717) is 0 Å². The second-order valence-corrected chi connectivity index (χ2v) is 7.31. The highest BCUT2D eigenvalue weighted by Crippen LogP contribution is 2.43. The average Bonchev–Trinajstić information content (AvgIpc) is 3.23. The highest BCUT2D eigenvalue weighted by molar-refractivity contribution is 5.73. The number of hydrogen-bond acceptors (Lipinski definition) is 3. The van der Waals surface area contributed by atoms with Crippen molar-refractivity contribution >= 4 is 5.69 Å². The van der Waals surface area contributed by atoms with E-state index in [1.807, 2.05) is 24.5 Å². The van der Waals surface area contributed by atoms with E-state index in [1.54, 1.807) is 7.11 Å². The second-order valence-electron chi connectivity index (χ2n) is 7.31. The fourth-order valence-corrected chi connectivity index (χ4v) is 3.69. The number of anilines is 1. The molecule has 4 heteroatoms. The lowest BCUT2D eigenvalue weighted by atomic mass is 9.86.